The number of hydrogen-bond acceptors (Lipinski definition) is 5. The molecule has 0 unspecified atom stereocenters. The highest BCUT2D eigenvalue weighted by molar-refractivity contribution is 7.11. The van der Waals surface area contributed by atoms with E-state index in [0.717, 1.165) is 21.0 Å². The van der Waals surface area contributed by atoms with Gasteiger partial charge in [0.1, 0.15) is 5.70 Å². The first-order valence-corrected chi connectivity index (χ1v) is 10.2. The first-order valence-electron chi connectivity index (χ1n) is 9.32. The van der Waals surface area contributed by atoms with Gasteiger partial charge in [0.05, 0.1) is 11.3 Å². The van der Waals surface area contributed by atoms with Crippen molar-refractivity contribution >= 4 is 51.7 Å². The Hall–Kier alpha value is -3.71. The average Bonchev–Trinajstić information content (AvgIpc) is 3.31. The summed E-state index contributed by atoms with van der Waals surface area (Å²) in [6, 6.07) is 17.9. The molecular formula is C23H19N3O3S. The van der Waals surface area contributed by atoms with Crippen molar-refractivity contribution in [3.8, 4) is 0 Å². The largest absolute Gasteiger partial charge is 0.350 e. The molecule has 6 nitrogen and oxygen atoms in total. The third-order valence-corrected chi connectivity index (χ3v) is 5.51. The monoisotopic (exact) mass is 417 g/mol. The fourth-order valence-corrected chi connectivity index (χ4v) is 3.98. The van der Waals surface area contributed by atoms with E-state index in [1.807, 2.05) is 48.7 Å². The summed E-state index contributed by atoms with van der Waals surface area (Å²) in [4.78, 5) is 39.7. The van der Waals surface area contributed by atoms with Crippen LogP contribution in [-0.4, -0.2) is 17.7 Å². The van der Waals surface area contributed by atoms with Crippen LogP contribution in [0.2, 0.25) is 0 Å². The molecule has 2 heterocycles. The smallest absolute Gasteiger partial charge is 0.282 e. The molecule has 0 saturated carbocycles. The van der Waals surface area contributed by atoms with E-state index in [4.69, 9.17) is 0 Å². The summed E-state index contributed by atoms with van der Waals surface area (Å²) in [5.74, 6) is -0.997. The number of thiophene rings is 1. The number of nitrogens with one attached hydrogen (secondary N) is 2. The van der Waals surface area contributed by atoms with Gasteiger partial charge in [-0.3, -0.25) is 14.4 Å². The van der Waals surface area contributed by atoms with Gasteiger partial charge in [0.25, 0.3) is 11.8 Å². The second kappa shape index (κ2) is 7.96. The van der Waals surface area contributed by atoms with Crippen LogP contribution in [0, 0.1) is 6.92 Å². The molecule has 2 aromatic carbocycles. The summed E-state index contributed by atoms with van der Waals surface area (Å²) in [6.45, 7) is 3.40. The molecule has 3 aromatic rings. The van der Waals surface area contributed by atoms with Gasteiger partial charge in [0.15, 0.2) is 0 Å². The highest BCUT2D eigenvalue weighted by Gasteiger charge is 2.40. The molecule has 4 rings (SSSR count). The van der Waals surface area contributed by atoms with Crippen molar-refractivity contribution in [2.45, 2.75) is 13.8 Å². The van der Waals surface area contributed by atoms with Gasteiger partial charge < -0.3 is 10.6 Å². The van der Waals surface area contributed by atoms with Crippen molar-refractivity contribution < 1.29 is 14.4 Å². The van der Waals surface area contributed by atoms with Gasteiger partial charge in [0.2, 0.25) is 5.91 Å². The van der Waals surface area contributed by atoms with Gasteiger partial charge in [-0.25, -0.2) is 4.90 Å². The number of carbonyl (C=O) groups is 3. The van der Waals surface area contributed by atoms with Crippen molar-refractivity contribution in [2.24, 2.45) is 0 Å². The zero-order chi connectivity index (χ0) is 21.3. The molecule has 0 spiro atoms. The van der Waals surface area contributed by atoms with Crippen LogP contribution in [0.5, 0.6) is 0 Å². The van der Waals surface area contributed by atoms with Crippen LogP contribution in [0.4, 0.5) is 17.1 Å². The Bertz CT molecular complexity index is 1150. The summed E-state index contributed by atoms with van der Waals surface area (Å²) < 4.78 is 0. The lowest BCUT2D eigenvalue weighted by molar-refractivity contribution is -0.120. The normalized spacial score (nSPS) is 13.7. The highest BCUT2D eigenvalue weighted by Crippen LogP contribution is 2.35. The molecule has 0 radical (unpaired) electrons. The Kier molecular flexibility index (Phi) is 5.20. The van der Waals surface area contributed by atoms with E-state index in [-0.39, 0.29) is 17.5 Å². The van der Waals surface area contributed by atoms with Crippen LogP contribution in [0.25, 0.3) is 5.57 Å². The van der Waals surface area contributed by atoms with Crippen LogP contribution < -0.4 is 15.5 Å². The lowest BCUT2D eigenvalue weighted by Crippen LogP contribution is -2.32. The third-order valence-electron chi connectivity index (χ3n) is 4.62. The zero-order valence-electron chi connectivity index (χ0n) is 16.4. The SMILES string of the molecule is CC(=O)Nc1ccc(N2C(=O)C(Nc3ccc(C)cc3)=C(c3cccs3)C2=O)cc1. The molecule has 1 aliphatic rings. The van der Waals surface area contributed by atoms with E-state index < -0.39 is 5.91 Å². The topological polar surface area (TPSA) is 78.5 Å². The van der Waals surface area contributed by atoms with Gasteiger partial charge >= 0.3 is 0 Å². The summed E-state index contributed by atoms with van der Waals surface area (Å²) in [5.41, 5.74) is 3.46. The van der Waals surface area contributed by atoms with Gasteiger partial charge in [-0.1, -0.05) is 23.8 Å². The lowest BCUT2D eigenvalue weighted by Gasteiger charge is -2.16. The molecule has 0 saturated heterocycles. The number of benzene rings is 2. The van der Waals surface area contributed by atoms with Crippen LogP contribution in [-0.2, 0) is 14.4 Å². The number of amides is 3. The quantitative estimate of drug-likeness (QED) is 0.603. The number of hydrogen-bond donors (Lipinski definition) is 2. The minimum atomic E-state index is -0.420. The molecule has 0 bridgehead atoms. The molecule has 2 N–H and O–H groups in total. The van der Waals surface area contributed by atoms with Gasteiger partial charge in [-0.05, 0) is 54.8 Å². The van der Waals surface area contributed by atoms with Crippen LogP contribution in [0.1, 0.15) is 17.4 Å². The maximum absolute atomic E-state index is 13.3. The fourth-order valence-electron chi connectivity index (χ4n) is 3.21. The highest BCUT2D eigenvalue weighted by atomic mass is 32.1. The molecule has 0 aliphatic carbocycles. The molecule has 30 heavy (non-hydrogen) atoms. The Labute approximate surface area is 177 Å². The second-order valence-electron chi connectivity index (χ2n) is 6.89. The van der Waals surface area contributed by atoms with E-state index >= 15 is 0 Å². The number of imide groups is 1. The summed E-state index contributed by atoms with van der Waals surface area (Å²) >= 11 is 1.40. The lowest BCUT2D eigenvalue weighted by atomic mass is 10.1. The Balaban J connectivity index is 1.71. The maximum atomic E-state index is 13.3. The number of nitrogens with zero attached hydrogens (tertiary/aromatic N) is 1. The second-order valence-corrected chi connectivity index (χ2v) is 7.84. The zero-order valence-corrected chi connectivity index (χ0v) is 17.2. The van der Waals surface area contributed by atoms with Crippen molar-refractivity contribution in [1.82, 2.24) is 0 Å². The third kappa shape index (κ3) is 3.75. The summed E-state index contributed by atoms with van der Waals surface area (Å²) in [6.07, 6.45) is 0. The minimum Gasteiger partial charge on any atom is -0.350 e. The number of rotatable bonds is 5. The minimum absolute atomic E-state index is 0.192. The van der Waals surface area contributed by atoms with Gasteiger partial charge in [0, 0.05) is 23.2 Å². The van der Waals surface area contributed by atoms with E-state index in [0.29, 0.717) is 16.9 Å². The maximum Gasteiger partial charge on any atom is 0.282 e. The molecule has 0 atom stereocenters. The Morgan fingerprint density at radius 2 is 1.57 bits per heavy atom. The first kappa shape index (κ1) is 19.6. The molecule has 1 aromatic heterocycles. The molecule has 7 heteroatoms. The Morgan fingerprint density at radius 1 is 0.900 bits per heavy atom. The average molecular weight is 417 g/mol. The van der Waals surface area contributed by atoms with E-state index in [2.05, 4.69) is 10.6 Å². The molecule has 0 fully saturated rings. The van der Waals surface area contributed by atoms with Crippen molar-refractivity contribution in [2.75, 3.05) is 15.5 Å². The predicted octanol–water partition coefficient (Wildman–Crippen LogP) is 4.41. The first-order chi connectivity index (χ1) is 14.4. The van der Waals surface area contributed by atoms with E-state index in [1.54, 1.807) is 24.3 Å². The molecular weight excluding hydrogens is 398 g/mol. The summed E-state index contributed by atoms with van der Waals surface area (Å²) in [7, 11) is 0. The molecule has 150 valence electrons. The van der Waals surface area contributed by atoms with Crippen LogP contribution in [0.15, 0.2) is 71.7 Å². The number of carbonyl (C=O) groups excluding carboxylic acids is 3. The van der Waals surface area contributed by atoms with E-state index in [1.165, 1.54) is 18.3 Å². The van der Waals surface area contributed by atoms with Crippen LogP contribution >= 0.6 is 11.3 Å². The fraction of sp³-hybridized carbons (Fsp3) is 0.0870. The molecule has 1 aliphatic heterocycles. The molecule has 3 amide bonds. The van der Waals surface area contributed by atoms with Crippen molar-refractivity contribution in [3.63, 3.8) is 0 Å². The van der Waals surface area contributed by atoms with Crippen LogP contribution in [0.3, 0.4) is 0 Å². The number of anilines is 3. The van der Waals surface area contributed by atoms with Crippen molar-refractivity contribution in [3.05, 3.63) is 82.2 Å². The van der Waals surface area contributed by atoms with Gasteiger partial charge in [-0.15, -0.1) is 11.3 Å². The van der Waals surface area contributed by atoms with Crippen molar-refractivity contribution in [1.29, 1.82) is 0 Å². The number of aryl methyl sites for hydroxylation is 1. The Morgan fingerprint density at radius 3 is 2.17 bits per heavy atom. The summed E-state index contributed by atoms with van der Waals surface area (Å²) in [5, 5.41) is 7.68. The standard InChI is InChI=1S/C23H19N3O3S/c1-14-5-7-17(8-6-14)25-21-20(19-4-3-13-30-19)22(28)26(23(21)29)18-11-9-16(10-12-18)24-15(2)27/h3-13,25H,1-2H3,(H,24,27). The predicted molar refractivity (Wildman–Crippen MR) is 119 cm³/mol. The van der Waals surface area contributed by atoms with E-state index in [9.17, 15) is 14.4 Å². The van der Waals surface area contributed by atoms with Gasteiger partial charge in [-0.2, -0.15) is 0 Å².